The fraction of sp³-hybridized carbons (Fsp3) is 0. The van der Waals surface area contributed by atoms with Crippen molar-refractivity contribution in [3.63, 3.8) is 0 Å². The van der Waals surface area contributed by atoms with Crippen LogP contribution in [0.15, 0.2) is 77.4 Å². The van der Waals surface area contributed by atoms with Crippen molar-refractivity contribution >= 4 is 45.3 Å². The maximum Gasteiger partial charge on any atom is 0.256 e. The largest absolute Gasteiger partial charge is 0.322 e. The van der Waals surface area contributed by atoms with Gasteiger partial charge in [0.05, 0.1) is 0 Å². The van der Waals surface area contributed by atoms with E-state index >= 15 is 0 Å². The number of amides is 2. The van der Waals surface area contributed by atoms with Crippen molar-refractivity contribution in [1.82, 2.24) is 4.98 Å². The van der Waals surface area contributed by atoms with Crippen LogP contribution in [0.2, 0.25) is 0 Å². The summed E-state index contributed by atoms with van der Waals surface area (Å²) in [5, 5.41) is 5.32. The van der Waals surface area contributed by atoms with Crippen molar-refractivity contribution < 1.29 is 14.0 Å². The maximum absolute atomic E-state index is 13.7. The Kier molecular flexibility index (Phi) is 6.29. The van der Waals surface area contributed by atoms with Crippen molar-refractivity contribution in [2.75, 3.05) is 10.6 Å². The maximum atomic E-state index is 13.7. The van der Waals surface area contributed by atoms with Gasteiger partial charge in [0.2, 0.25) is 5.91 Å². The van der Waals surface area contributed by atoms with Crippen LogP contribution in [-0.2, 0) is 4.79 Å². The van der Waals surface area contributed by atoms with E-state index in [1.807, 2.05) is 0 Å². The molecule has 3 aromatic rings. The van der Waals surface area contributed by atoms with E-state index in [1.54, 1.807) is 60.8 Å². The smallest absolute Gasteiger partial charge is 0.256 e. The summed E-state index contributed by atoms with van der Waals surface area (Å²) in [7, 11) is 0. The van der Waals surface area contributed by atoms with Crippen molar-refractivity contribution in [3.8, 4) is 0 Å². The van der Waals surface area contributed by atoms with Crippen LogP contribution in [0.25, 0.3) is 6.08 Å². The molecule has 0 saturated carbocycles. The van der Waals surface area contributed by atoms with Gasteiger partial charge in [0.1, 0.15) is 11.6 Å². The molecule has 3 rings (SSSR count). The molecule has 1 heterocycles. The Morgan fingerprint density at radius 3 is 2.64 bits per heavy atom. The Bertz CT molecular complexity index is 1040. The van der Waals surface area contributed by atoms with Crippen LogP contribution in [-0.4, -0.2) is 16.8 Å². The van der Waals surface area contributed by atoms with E-state index in [4.69, 9.17) is 0 Å². The van der Waals surface area contributed by atoms with Gasteiger partial charge in [-0.3, -0.25) is 9.59 Å². The molecule has 5 nitrogen and oxygen atoms in total. The van der Waals surface area contributed by atoms with Gasteiger partial charge in [0.15, 0.2) is 0 Å². The summed E-state index contributed by atoms with van der Waals surface area (Å²) < 4.78 is 14.4. The van der Waals surface area contributed by atoms with Crippen LogP contribution in [0.5, 0.6) is 0 Å². The summed E-state index contributed by atoms with van der Waals surface area (Å²) in [6.07, 6.45) is 4.19. The number of halogens is 2. The molecule has 0 radical (unpaired) electrons. The Morgan fingerprint density at radius 2 is 1.86 bits per heavy atom. The number of pyridine rings is 1. The van der Waals surface area contributed by atoms with Crippen molar-refractivity contribution in [1.29, 1.82) is 0 Å². The Hall–Kier alpha value is -3.32. The fourth-order valence-electron chi connectivity index (χ4n) is 2.36. The lowest BCUT2D eigenvalue weighted by atomic mass is 10.1. The van der Waals surface area contributed by atoms with Crippen LogP contribution in [0.3, 0.4) is 0 Å². The van der Waals surface area contributed by atoms with Crippen LogP contribution >= 0.6 is 15.9 Å². The number of hydrogen-bond acceptors (Lipinski definition) is 3. The second-order valence-electron chi connectivity index (χ2n) is 5.74. The van der Waals surface area contributed by atoms with Crippen LogP contribution < -0.4 is 10.6 Å². The van der Waals surface area contributed by atoms with Gasteiger partial charge in [0.25, 0.3) is 5.91 Å². The number of carbonyl (C=O) groups excluding carboxylic acids is 2. The zero-order valence-electron chi connectivity index (χ0n) is 14.5. The lowest BCUT2D eigenvalue weighted by Crippen LogP contribution is -2.14. The second-order valence-corrected chi connectivity index (χ2v) is 6.65. The first-order chi connectivity index (χ1) is 13.5. The van der Waals surface area contributed by atoms with Gasteiger partial charge in [-0.2, -0.15) is 0 Å². The van der Waals surface area contributed by atoms with Gasteiger partial charge in [0, 0.05) is 33.6 Å². The van der Waals surface area contributed by atoms with Crippen LogP contribution in [0.1, 0.15) is 15.9 Å². The van der Waals surface area contributed by atoms with Crippen molar-refractivity contribution in [2.24, 2.45) is 0 Å². The number of hydrogen-bond donors (Lipinski definition) is 2. The molecule has 2 amide bonds. The summed E-state index contributed by atoms with van der Waals surface area (Å²) in [4.78, 5) is 28.5. The molecular formula is C21H15BrFN3O2. The predicted octanol–water partition coefficient (Wildman–Crippen LogP) is 4.89. The quantitative estimate of drug-likeness (QED) is 0.556. The predicted molar refractivity (Wildman–Crippen MR) is 110 cm³/mol. The molecule has 0 spiro atoms. The van der Waals surface area contributed by atoms with Crippen molar-refractivity contribution in [3.05, 3.63) is 94.4 Å². The first kappa shape index (κ1) is 19.4. The lowest BCUT2D eigenvalue weighted by Gasteiger charge is -2.07. The van der Waals surface area contributed by atoms with Crippen LogP contribution in [0.4, 0.5) is 15.9 Å². The molecule has 1 aromatic heterocycles. The third-order valence-electron chi connectivity index (χ3n) is 3.67. The highest BCUT2D eigenvalue weighted by molar-refractivity contribution is 9.10. The SMILES string of the molecule is O=C(C=Cc1cc(Br)ccc1F)Nc1cccc(C(=O)Nc2ccccn2)c1. The minimum Gasteiger partial charge on any atom is -0.322 e. The Morgan fingerprint density at radius 1 is 1.00 bits per heavy atom. The van der Waals surface area contributed by atoms with E-state index in [2.05, 4.69) is 31.5 Å². The van der Waals surface area contributed by atoms with Gasteiger partial charge in [-0.15, -0.1) is 0 Å². The average Bonchev–Trinajstić information content (AvgIpc) is 2.69. The molecule has 7 heteroatoms. The average molecular weight is 440 g/mol. The molecule has 0 aliphatic rings. The van der Waals surface area contributed by atoms with E-state index in [-0.39, 0.29) is 11.5 Å². The minimum atomic E-state index is -0.443. The molecular weight excluding hydrogens is 425 g/mol. The molecule has 0 aliphatic heterocycles. The molecule has 0 aliphatic carbocycles. The molecule has 0 saturated heterocycles. The summed E-state index contributed by atoms with van der Waals surface area (Å²) in [6.45, 7) is 0. The van der Waals surface area contributed by atoms with E-state index in [1.165, 1.54) is 18.2 Å². The molecule has 28 heavy (non-hydrogen) atoms. The Labute approximate surface area is 169 Å². The Balaban J connectivity index is 1.67. The molecule has 2 aromatic carbocycles. The normalized spacial score (nSPS) is 10.6. The van der Waals surface area contributed by atoms with Gasteiger partial charge < -0.3 is 10.6 Å². The van der Waals surface area contributed by atoms with E-state index in [9.17, 15) is 14.0 Å². The third-order valence-corrected chi connectivity index (χ3v) is 4.16. The number of anilines is 2. The molecule has 0 fully saturated rings. The zero-order chi connectivity index (χ0) is 19.9. The molecule has 0 atom stereocenters. The molecule has 2 N–H and O–H groups in total. The highest BCUT2D eigenvalue weighted by Crippen LogP contribution is 2.17. The van der Waals surface area contributed by atoms with E-state index in [0.717, 1.165) is 0 Å². The summed E-state index contributed by atoms with van der Waals surface area (Å²) in [5.74, 6) is -0.787. The van der Waals surface area contributed by atoms with E-state index in [0.29, 0.717) is 21.5 Å². The number of nitrogens with one attached hydrogen (secondary N) is 2. The van der Waals surface area contributed by atoms with Gasteiger partial charge in [-0.05, 0) is 54.6 Å². The zero-order valence-corrected chi connectivity index (χ0v) is 16.1. The minimum absolute atomic E-state index is 0.285. The highest BCUT2D eigenvalue weighted by atomic mass is 79.9. The van der Waals surface area contributed by atoms with Crippen molar-refractivity contribution in [2.45, 2.75) is 0 Å². The number of nitrogens with zero attached hydrogens (tertiary/aromatic N) is 1. The highest BCUT2D eigenvalue weighted by Gasteiger charge is 2.08. The standard InChI is InChI=1S/C21H15BrFN3O2/c22-16-8-9-18(23)14(12-16)7-10-20(27)25-17-5-3-4-15(13-17)21(28)26-19-6-1-2-11-24-19/h1-13H,(H,25,27)(H,24,26,28). The lowest BCUT2D eigenvalue weighted by molar-refractivity contribution is -0.111. The topological polar surface area (TPSA) is 71.1 Å². The second kappa shape index (κ2) is 9.05. The fourth-order valence-corrected chi connectivity index (χ4v) is 2.73. The van der Waals surface area contributed by atoms with Gasteiger partial charge in [-0.1, -0.05) is 28.1 Å². The summed E-state index contributed by atoms with van der Waals surface area (Å²) >= 11 is 3.26. The van der Waals surface area contributed by atoms with Gasteiger partial charge >= 0.3 is 0 Å². The summed E-state index contributed by atoms with van der Waals surface area (Å²) in [5.41, 5.74) is 1.09. The summed E-state index contributed by atoms with van der Waals surface area (Å²) in [6, 6.07) is 16.1. The molecule has 0 bridgehead atoms. The first-order valence-corrected chi connectivity index (χ1v) is 9.07. The van der Waals surface area contributed by atoms with Gasteiger partial charge in [-0.25, -0.2) is 9.37 Å². The molecule has 140 valence electrons. The van der Waals surface area contributed by atoms with E-state index < -0.39 is 11.7 Å². The first-order valence-electron chi connectivity index (χ1n) is 8.28. The third kappa shape index (κ3) is 5.34. The number of rotatable bonds is 5. The number of aromatic nitrogens is 1. The number of benzene rings is 2. The van der Waals surface area contributed by atoms with Crippen LogP contribution in [0, 0.1) is 5.82 Å². The number of carbonyl (C=O) groups is 2. The molecule has 0 unspecified atom stereocenters. The monoisotopic (exact) mass is 439 g/mol.